The molecule has 1 aromatic heterocycles. The molecular formula is C22H29N3O. The minimum absolute atomic E-state index is 0.0993. The second-order valence-corrected chi connectivity index (χ2v) is 8.04. The van der Waals surface area contributed by atoms with Gasteiger partial charge in [0.15, 0.2) is 0 Å². The minimum Gasteiger partial charge on any atom is -0.310 e. The Balaban J connectivity index is 1.57. The van der Waals surface area contributed by atoms with Crippen LogP contribution in [0.2, 0.25) is 0 Å². The molecule has 2 aromatic rings. The van der Waals surface area contributed by atoms with Crippen LogP contribution in [0.15, 0.2) is 23.0 Å². The third kappa shape index (κ3) is 3.48. The van der Waals surface area contributed by atoms with Gasteiger partial charge in [-0.2, -0.15) is 0 Å². The van der Waals surface area contributed by atoms with E-state index >= 15 is 0 Å². The molecule has 0 atom stereocenters. The SMILES string of the molecule is Cc1cccc(C)c1CN1CCc2c(nc(C3CCCCC3)[nH]c2=O)C1. The Hall–Kier alpha value is -1.94. The van der Waals surface area contributed by atoms with Crippen LogP contribution in [0.5, 0.6) is 0 Å². The molecule has 4 heteroatoms. The van der Waals surface area contributed by atoms with Gasteiger partial charge in [-0.3, -0.25) is 9.69 Å². The van der Waals surface area contributed by atoms with Gasteiger partial charge in [-0.25, -0.2) is 4.98 Å². The zero-order valence-electron chi connectivity index (χ0n) is 16.0. The number of H-pyrrole nitrogens is 1. The summed E-state index contributed by atoms with van der Waals surface area (Å²) in [6.45, 7) is 7.01. The number of aryl methyl sites for hydroxylation is 2. The van der Waals surface area contributed by atoms with Gasteiger partial charge in [-0.1, -0.05) is 37.5 Å². The highest BCUT2D eigenvalue weighted by Crippen LogP contribution is 2.31. The molecule has 2 heterocycles. The first-order valence-corrected chi connectivity index (χ1v) is 10.0. The highest BCUT2D eigenvalue weighted by Gasteiger charge is 2.24. The number of nitrogens with one attached hydrogen (secondary N) is 1. The third-order valence-electron chi connectivity index (χ3n) is 6.19. The lowest BCUT2D eigenvalue weighted by Crippen LogP contribution is -2.36. The first kappa shape index (κ1) is 17.5. The van der Waals surface area contributed by atoms with Gasteiger partial charge in [0.25, 0.3) is 5.56 Å². The van der Waals surface area contributed by atoms with Crippen LogP contribution in [-0.2, 0) is 19.5 Å². The molecule has 26 heavy (non-hydrogen) atoms. The molecule has 1 aromatic carbocycles. The third-order valence-corrected chi connectivity index (χ3v) is 6.19. The Labute approximate surface area is 155 Å². The summed E-state index contributed by atoms with van der Waals surface area (Å²) in [4.78, 5) is 23.1. The van der Waals surface area contributed by atoms with Crippen molar-refractivity contribution < 1.29 is 0 Å². The fourth-order valence-electron chi connectivity index (χ4n) is 4.54. The summed E-state index contributed by atoms with van der Waals surface area (Å²) in [6, 6.07) is 6.49. The van der Waals surface area contributed by atoms with Gasteiger partial charge >= 0.3 is 0 Å². The van der Waals surface area contributed by atoms with Gasteiger partial charge in [-0.05, 0) is 49.8 Å². The number of nitrogens with zero attached hydrogens (tertiary/aromatic N) is 2. The number of hydrogen-bond acceptors (Lipinski definition) is 3. The average molecular weight is 351 g/mol. The van der Waals surface area contributed by atoms with Gasteiger partial charge in [0.1, 0.15) is 5.82 Å². The smallest absolute Gasteiger partial charge is 0.254 e. The summed E-state index contributed by atoms with van der Waals surface area (Å²) < 4.78 is 0. The van der Waals surface area contributed by atoms with E-state index in [1.54, 1.807) is 0 Å². The predicted octanol–water partition coefficient (Wildman–Crippen LogP) is 3.99. The quantitative estimate of drug-likeness (QED) is 0.909. The molecule has 138 valence electrons. The van der Waals surface area contributed by atoms with E-state index in [1.807, 2.05) is 0 Å². The molecule has 0 saturated heterocycles. The molecule has 2 aliphatic rings. The van der Waals surface area contributed by atoms with Gasteiger partial charge in [0.2, 0.25) is 0 Å². The van der Waals surface area contributed by atoms with Crippen molar-refractivity contribution in [3.8, 4) is 0 Å². The summed E-state index contributed by atoms with van der Waals surface area (Å²) in [5, 5.41) is 0. The van der Waals surface area contributed by atoms with Crippen LogP contribution in [0.4, 0.5) is 0 Å². The number of fused-ring (bicyclic) bond motifs is 1. The number of rotatable bonds is 3. The van der Waals surface area contributed by atoms with Crippen LogP contribution in [0, 0.1) is 13.8 Å². The summed E-state index contributed by atoms with van der Waals surface area (Å²) in [5.41, 5.74) is 6.11. The first-order chi connectivity index (χ1) is 12.6. The molecule has 0 amide bonds. The Morgan fingerprint density at radius 3 is 2.62 bits per heavy atom. The second-order valence-electron chi connectivity index (χ2n) is 8.04. The maximum Gasteiger partial charge on any atom is 0.254 e. The van der Waals surface area contributed by atoms with Crippen LogP contribution in [-0.4, -0.2) is 21.4 Å². The van der Waals surface area contributed by atoms with Gasteiger partial charge in [0.05, 0.1) is 5.69 Å². The Bertz CT molecular complexity index is 829. The zero-order chi connectivity index (χ0) is 18.1. The molecule has 1 saturated carbocycles. The lowest BCUT2D eigenvalue weighted by Gasteiger charge is -2.29. The maximum atomic E-state index is 12.6. The summed E-state index contributed by atoms with van der Waals surface area (Å²) >= 11 is 0. The van der Waals surface area contributed by atoms with Gasteiger partial charge < -0.3 is 4.98 Å². The molecule has 1 aliphatic carbocycles. The zero-order valence-corrected chi connectivity index (χ0v) is 16.0. The standard InChI is InChI=1S/C22H29N3O/c1-15-7-6-8-16(2)19(15)13-25-12-11-18-20(14-25)23-21(24-22(18)26)17-9-4-3-5-10-17/h6-8,17H,3-5,9-14H2,1-2H3,(H,23,24,26). The van der Waals surface area contributed by atoms with E-state index in [4.69, 9.17) is 4.98 Å². The van der Waals surface area contributed by atoms with Gasteiger partial charge in [0, 0.05) is 31.1 Å². The lowest BCUT2D eigenvalue weighted by molar-refractivity contribution is 0.238. The van der Waals surface area contributed by atoms with E-state index in [-0.39, 0.29) is 5.56 Å². The first-order valence-electron chi connectivity index (χ1n) is 10.0. The monoisotopic (exact) mass is 351 g/mol. The molecule has 0 radical (unpaired) electrons. The number of aromatic nitrogens is 2. The fourth-order valence-corrected chi connectivity index (χ4v) is 4.54. The Morgan fingerprint density at radius 1 is 1.15 bits per heavy atom. The number of aromatic amines is 1. The van der Waals surface area contributed by atoms with Crippen molar-refractivity contribution in [3.63, 3.8) is 0 Å². The molecule has 1 fully saturated rings. The van der Waals surface area contributed by atoms with E-state index in [9.17, 15) is 4.79 Å². The van der Waals surface area contributed by atoms with E-state index in [0.29, 0.717) is 5.92 Å². The molecule has 0 spiro atoms. The molecule has 1 N–H and O–H groups in total. The molecule has 0 unspecified atom stereocenters. The van der Waals surface area contributed by atoms with Crippen molar-refractivity contribution in [2.75, 3.05) is 6.54 Å². The van der Waals surface area contributed by atoms with Crippen molar-refractivity contribution >= 4 is 0 Å². The van der Waals surface area contributed by atoms with Crippen LogP contribution in [0.3, 0.4) is 0 Å². The highest BCUT2D eigenvalue weighted by atomic mass is 16.1. The van der Waals surface area contributed by atoms with Crippen molar-refractivity contribution in [2.24, 2.45) is 0 Å². The van der Waals surface area contributed by atoms with Crippen molar-refractivity contribution in [3.05, 3.63) is 62.3 Å². The van der Waals surface area contributed by atoms with Crippen LogP contribution in [0.1, 0.15) is 71.8 Å². The lowest BCUT2D eigenvalue weighted by atomic mass is 9.88. The molecule has 1 aliphatic heterocycles. The van der Waals surface area contributed by atoms with Crippen molar-refractivity contribution in [1.29, 1.82) is 0 Å². The molecule has 4 nitrogen and oxygen atoms in total. The Morgan fingerprint density at radius 2 is 1.88 bits per heavy atom. The van der Waals surface area contributed by atoms with E-state index < -0.39 is 0 Å². The summed E-state index contributed by atoms with van der Waals surface area (Å²) in [6.07, 6.45) is 6.94. The number of benzene rings is 1. The minimum atomic E-state index is 0.0993. The Kier molecular flexibility index (Phi) is 4.94. The van der Waals surface area contributed by atoms with Gasteiger partial charge in [-0.15, -0.1) is 0 Å². The van der Waals surface area contributed by atoms with Crippen LogP contribution in [0.25, 0.3) is 0 Å². The van der Waals surface area contributed by atoms with Crippen molar-refractivity contribution in [2.45, 2.75) is 71.4 Å². The fraction of sp³-hybridized carbons (Fsp3) is 0.545. The molecular weight excluding hydrogens is 322 g/mol. The molecule has 4 rings (SSSR count). The second kappa shape index (κ2) is 7.36. The maximum absolute atomic E-state index is 12.6. The normalized spacial score (nSPS) is 18.7. The van der Waals surface area contributed by atoms with E-state index in [1.165, 1.54) is 36.0 Å². The highest BCUT2D eigenvalue weighted by molar-refractivity contribution is 5.33. The van der Waals surface area contributed by atoms with Crippen LogP contribution >= 0.6 is 0 Å². The predicted molar refractivity (Wildman–Crippen MR) is 104 cm³/mol. The van der Waals surface area contributed by atoms with E-state index in [2.05, 4.69) is 41.9 Å². The summed E-state index contributed by atoms with van der Waals surface area (Å²) in [7, 11) is 0. The largest absolute Gasteiger partial charge is 0.310 e. The summed E-state index contributed by atoms with van der Waals surface area (Å²) in [5.74, 6) is 1.37. The topological polar surface area (TPSA) is 49.0 Å². The van der Waals surface area contributed by atoms with Crippen LogP contribution < -0.4 is 5.56 Å². The van der Waals surface area contributed by atoms with Crippen molar-refractivity contribution in [1.82, 2.24) is 14.9 Å². The number of hydrogen-bond donors (Lipinski definition) is 1. The average Bonchev–Trinajstić information content (AvgIpc) is 2.65. The molecule has 0 bridgehead atoms. The van der Waals surface area contributed by atoms with E-state index in [0.717, 1.165) is 56.0 Å².